The molecule has 0 aromatic heterocycles. The molecule has 0 aliphatic carbocycles. The number of carbonyl (C=O) groups excluding carboxylic acids is 1. The van der Waals surface area contributed by atoms with Gasteiger partial charge in [0.2, 0.25) is 0 Å². The number of nitrogens with zero attached hydrogens (tertiary/aromatic N) is 2. The Hall–Kier alpha value is -3.30. The van der Waals surface area contributed by atoms with E-state index in [0.717, 1.165) is 14.9 Å². The van der Waals surface area contributed by atoms with Crippen LogP contribution in [0.1, 0.15) is 39.7 Å². The van der Waals surface area contributed by atoms with Crippen LogP contribution in [0.2, 0.25) is 0 Å². The van der Waals surface area contributed by atoms with Gasteiger partial charge < -0.3 is 4.74 Å². The molecule has 202 valence electrons. The number of hydrazone groups is 1. The van der Waals surface area contributed by atoms with Crippen molar-refractivity contribution in [3.63, 3.8) is 0 Å². The van der Waals surface area contributed by atoms with Crippen LogP contribution in [0.4, 0.5) is 5.69 Å². The monoisotopic (exact) mass is 553 g/mol. The van der Waals surface area contributed by atoms with Crippen LogP contribution >= 0.6 is 11.8 Å². The number of hydrogen-bond acceptors (Lipinski definition) is 6. The summed E-state index contributed by atoms with van der Waals surface area (Å²) in [4.78, 5) is 14.0. The second-order valence-corrected chi connectivity index (χ2v) is 12.2. The third-order valence-corrected chi connectivity index (χ3v) is 8.53. The first kappa shape index (κ1) is 29.3. The van der Waals surface area contributed by atoms with Gasteiger partial charge in [-0.25, -0.2) is 13.8 Å². The lowest BCUT2D eigenvalue weighted by atomic mass is 9.80. The molecular weight excluding hydrogens is 518 g/mol. The Morgan fingerprint density at radius 3 is 2.21 bits per heavy atom. The molecule has 1 amide bonds. The smallest absolute Gasteiger partial charge is 0.264 e. The normalized spacial score (nSPS) is 12.2. The molecule has 0 heterocycles. The highest BCUT2D eigenvalue weighted by atomic mass is 32.2. The summed E-state index contributed by atoms with van der Waals surface area (Å²) in [6.07, 6.45) is 2.55. The van der Waals surface area contributed by atoms with Crippen LogP contribution in [-0.2, 0) is 20.2 Å². The molecular formula is C29H35N3O4S2. The Balaban J connectivity index is 1.81. The molecule has 0 atom stereocenters. The van der Waals surface area contributed by atoms with E-state index >= 15 is 0 Å². The highest BCUT2D eigenvalue weighted by molar-refractivity contribution is 7.98. The highest BCUT2D eigenvalue weighted by Crippen LogP contribution is 2.28. The maximum Gasteiger partial charge on any atom is 0.264 e. The van der Waals surface area contributed by atoms with E-state index in [1.807, 2.05) is 38.3 Å². The van der Waals surface area contributed by atoms with Crippen molar-refractivity contribution in [3.8, 4) is 5.75 Å². The summed E-state index contributed by atoms with van der Waals surface area (Å²) in [6, 6.07) is 23.3. The van der Waals surface area contributed by atoms with Crippen LogP contribution in [-0.4, -0.2) is 39.4 Å². The van der Waals surface area contributed by atoms with Gasteiger partial charge in [0, 0.05) is 10.6 Å². The molecule has 1 N–H and O–H groups in total. The van der Waals surface area contributed by atoms with E-state index in [2.05, 4.69) is 36.5 Å². The minimum atomic E-state index is -4.03. The van der Waals surface area contributed by atoms with Gasteiger partial charge >= 0.3 is 0 Å². The lowest BCUT2D eigenvalue weighted by molar-refractivity contribution is -0.119. The first-order chi connectivity index (χ1) is 18.1. The number of amides is 1. The molecule has 0 radical (unpaired) electrons. The zero-order valence-electron chi connectivity index (χ0n) is 22.5. The lowest BCUT2D eigenvalue weighted by Gasteiger charge is -2.25. The van der Waals surface area contributed by atoms with Gasteiger partial charge in [-0.3, -0.25) is 9.10 Å². The maximum atomic E-state index is 13.6. The van der Waals surface area contributed by atoms with Crippen molar-refractivity contribution >= 4 is 39.1 Å². The number of anilines is 1. The number of rotatable bonds is 12. The van der Waals surface area contributed by atoms with Gasteiger partial charge in [-0.1, -0.05) is 44.2 Å². The SMILES string of the molecule is CCOc1ccc(N(CC(=O)N/N=C(/C)CC(C)(C)c2ccccc2)S(=O)(=O)c2ccc(SC)cc2)cc1. The summed E-state index contributed by atoms with van der Waals surface area (Å²) >= 11 is 1.52. The Kier molecular flexibility index (Phi) is 9.99. The Bertz CT molecular complexity index is 1340. The van der Waals surface area contributed by atoms with E-state index in [-0.39, 0.29) is 10.3 Å². The molecule has 3 rings (SSSR count). The van der Waals surface area contributed by atoms with E-state index in [1.54, 1.807) is 48.5 Å². The summed E-state index contributed by atoms with van der Waals surface area (Å²) in [5.41, 5.74) is 4.61. The lowest BCUT2D eigenvalue weighted by Crippen LogP contribution is -2.39. The molecule has 3 aromatic rings. The van der Waals surface area contributed by atoms with Crippen molar-refractivity contribution in [2.75, 3.05) is 23.7 Å². The summed E-state index contributed by atoms with van der Waals surface area (Å²) < 4.78 is 33.8. The second-order valence-electron chi connectivity index (χ2n) is 9.42. The predicted octanol–water partition coefficient (Wildman–Crippen LogP) is 5.86. The number of nitrogens with one attached hydrogen (secondary N) is 1. The minimum absolute atomic E-state index is 0.0984. The van der Waals surface area contributed by atoms with E-state index < -0.39 is 22.5 Å². The average Bonchev–Trinajstić information content (AvgIpc) is 2.91. The molecule has 0 saturated carbocycles. The third-order valence-electron chi connectivity index (χ3n) is 5.99. The van der Waals surface area contributed by atoms with Gasteiger partial charge in [-0.2, -0.15) is 5.10 Å². The van der Waals surface area contributed by atoms with E-state index in [9.17, 15) is 13.2 Å². The molecule has 0 aliphatic rings. The summed E-state index contributed by atoms with van der Waals surface area (Å²) in [7, 11) is -4.03. The fraction of sp³-hybridized carbons (Fsp3) is 0.310. The van der Waals surface area contributed by atoms with Crippen LogP contribution in [0.25, 0.3) is 0 Å². The van der Waals surface area contributed by atoms with Crippen molar-refractivity contribution < 1.29 is 17.9 Å². The van der Waals surface area contributed by atoms with E-state index in [4.69, 9.17) is 4.74 Å². The van der Waals surface area contributed by atoms with E-state index in [1.165, 1.54) is 17.3 Å². The van der Waals surface area contributed by atoms with Crippen molar-refractivity contribution in [1.82, 2.24) is 5.43 Å². The molecule has 0 saturated heterocycles. The zero-order chi connectivity index (χ0) is 27.8. The molecule has 9 heteroatoms. The number of benzene rings is 3. The van der Waals surface area contributed by atoms with Crippen molar-refractivity contribution in [3.05, 3.63) is 84.4 Å². The molecule has 7 nitrogen and oxygen atoms in total. The maximum absolute atomic E-state index is 13.6. The zero-order valence-corrected chi connectivity index (χ0v) is 24.1. The quantitative estimate of drug-likeness (QED) is 0.172. The van der Waals surface area contributed by atoms with Gasteiger partial charge in [-0.15, -0.1) is 11.8 Å². The van der Waals surface area contributed by atoms with E-state index in [0.29, 0.717) is 24.5 Å². The van der Waals surface area contributed by atoms with Gasteiger partial charge in [0.15, 0.2) is 0 Å². The number of thioether (sulfide) groups is 1. The van der Waals surface area contributed by atoms with Gasteiger partial charge in [0.1, 0.15) is 12.3 Å². The van der Waals surface area contributed by atoms with Gasteiger partial charge in [0.25, 0.3) is 15.9 Å². The van der Waals surface area contributed by atoms with Crippen LogP contribution in [0, 0.1) is 0 Å². The van der Waals surface area contributed by atoms with Crippen LogP contribution in [0.5, 0.6) is 5.75 Å². The number of ether oxygens (including phenoxy) is 1. The first-order valence-corrected chi connectivity index (χ1v) is 15.0. The molecule has 0 bridgehead atoms. The van der Waals surface area contributed by atoms with Gasteiger partial charge in [-0.05, 0) is 86.0 Å². The van der Waals surface area contributed by atoms with Crippen LogP contribution in [0.3, 0.4) is 0 Å². The molecule has 38 heavy (non-hydrogen) atoms. The number of carbonyl (C=O) groups is 1. The largest absolute Gasteiger partial charge is 0.494 e. The number of hydrogen-bond donors (Lipinski definition) is 1. The van der Waals surface area contributed by atoms with Crippen LogP contribution in [0.15, 0.2) is 93.8 Å². The summed E-state index contributed by atoms with van der Waals surface area (Å²) in [5.74, 6) is 0.0729. The highest BCUT2D eigenvalue weighted by Gasteiger charge is 2.28. The predicted molar refractivity (Wildman–Crippen MR) is 156 cm³/mol. The topological polar surface area (TPSA) is 88.1 Å². The molecule has 0 aliphatic heterocycles. The standard InChI is InChI=1S/C29H35N3O4S2/c1-6-36-25-14-12-24(13-15-25)32(38(34,35)27-18-16-26(37-5)17-19-27)21-28(33)31-30-22(2)20-29(3,4)23-10-8-7-9-11-23/h7-19H,6,20-21H2,1-5H3,(H,31,33)/b30-22-. The summed E-state index contributed by atoms with van der Waals surface area (Å²) in [5, 5.41) is 4.27. The third kappa shape index (κ3) is 7.61. The molecule has 0 spiro atoms. The van der Waals surface area contributed by atoms with Crippen molar-refractivity contribution in [1.29, 1.82) is 0 Å². The Labute approximate surface area is 230 Å². The van der Waals surface area contributed by atoms with Gasteiger partial charge in [0.05, 0.1) is 17.2 Å². The fourth-order valence-corrected chi connectivity index (χ4v) is 5.89. The van der Waals surface area contributed by atoms with Crippen LogP contribution < -0.4 is 14.5 Å². The first-order valence-electron chi connectivity index (χ1n) is 12.3. The summed E-state index contributed by atoms with van der Waals surface area (Å²) in [6.45, 7) is 8.01. The molecule has 0 unspecified atom stereocenters. The van der Waals surface area contributed by atoms with Crippen molar-refractivity contribution in [2.45, 2.75) is 49.3 Å². The minimum Gasteiger partial charge on any atom is -0.494 e. The fourth-order valence-electron chi connectivity index (χ4n) is 4.06. The molecule has 0 fully saturated rings. The van der Waals surface area contributed by atoms with Crippen molar-refractivity contribution in [2.24, 2.45) is 5.10 Å². The number of sulfonamides is 1. The molecule has 3 aromatic carbocycles. The average molecular weight is 554 g/mol. The Morgan fingerprint density at radius 2 is 1.63 bits per heavy atom. The Morgan fingerprint density at radius 1 is 1.00 bits per heavy atom. The second kappa shape index (κ2) is 13.0.